The summed E-state index contributed by atoms with van der Waals surface area (Å²) in [6.07, 6.45) is -0.560. The van der Waals surface area contributed by atoms with Gasteiger partial charge in [0, 0.05) is 0 Å². The Kier molecular flexibility index (Phi) is 9.64. The van der Waals surface area contributed by atoms with Crippen LogP contribution in [0.3, 0.4) is 0 Å². The van der Waals surface area contributed by atoms with Gasteiger partial charge >= 0.3 is 26.6 Å². The van der Waals surface area contributed by atoms with Gasteiger partial charge in [0.15, 0.2) is 0 Å². The molecule has 0 heterocycles. The molecular formula is C3H10O2Po. The molecule has 0 aromatic heterocycles. The summed E-state index contributed by atoms with van der Waals surface area (Å²) in [5, 5.41) is 16.0. The first-order valence-electron chi connectivity index (χ1n) is 1.56. The van der Waals surface area contributed by atoms with Crippen molar-refractivity contribution in [2.75, 3.05) is 6.61 Å². The fourth-order valence-corrected chi connectivity index (χ4v) is 0. The van der Waals surface area contributed by atoms with Gasteiger partial charge in [0.1, 0.15) is 0 Å². The van der Waals surface area contributed by atoms with Gasteiger partial charge in [-0.05, 0) is 6.92 Å². The Balaban J connectivity index is 0. The Morgan fingerprint density at radius 1 is 1.67 bits per heavy atom. The fourth-order valence-electron chi connectivity index (χ4n) is 0. The van der Waals surface area contributed by atoms with Crippen LogP contribution in [0.2, 0.25) is 0 Å². The summed E-state index contributed by atoms with van der Waals surface area (Å²) < 4.78 is 0. The Hall–Kier alpha value is 0.816. The van der Waals surface area contributed by atoms with E-state index in [1.807, 2.05) is 0 Å². The van der Waals surface area contributed by atoms with Gasteiger partial charge in [-0.3, -0.25) is 0 Å². The van der Waals surface area contributed by atoms with Crippen LogP contribution in [-0.4, -0.2) is 49.5 Å². The van der Waals surface area contributed by atoms with Crippen LogP contribution in [0, 0.1) is 0 Å². The van der Waals surface area contributed by atoms with Gasteiger partial charge in [0.05, 0.1) is 12.7 Å². The minimum atomic E-state index is -0.560. The van der Waals surface area contributed by atoms with Gasteiger partial charge < -0.3 is 10.2 Å². The van der Waals surface area contributed by atoms with Crippen molar-refractivity contribution < 1.29 is 10.2 Å². The topological polar surface area (TPSA) is 40.5 Å². The number of rotatable bonds is 1. The molecule has 3 heteroatoms. The van der Waals surface area contributed by atoms with Crippen LogP contribution in [0.5, 0.6) is 0 Å². The predicted molar refractivity (Wildman–Crippen MR) is 27.3 cm³/mol. The Morgan fingerprint density at radius 2 is 1.83 bits per heavy atom. The second kappa shape index (κ2) is 5.82. The molecule has 0 radical (unpaired) electrons. The minimum absolute atomic E-state index is 0. The molecule has 40 valence electrons. The molecule has 0 bridgehead atoms. The molecule has 0 aromatic carbocycles. The molecule has 0 spiro atoms. The summed E-state index contributed by atoms with van der Waals surface area (Å²) in [5.41, 5.74) is 0. The van der Waals surface area contributed by atoms with Crippen LogP contribution >= 0.6 is 0 Å². The Morgan fingerprint density at radius 3 is 1.83 bits per heavy atom. The third kappa shape index (κ3) is 8.84. The molecule has 2 nitrogen and oxygen atoms in total. The van der Waals surface area contributed by atoms with Crippen LogP contribution in [0.25, 0.3) is 0 Å². The maximum absolute atomic E-state index is 8.11. The maximum atomic E-state index is 8.11. The van der Waals surface area contributed by atoms with Crippen molar-refractivity contribution in [3.05, 3.63) is 0 Å². The van der Waals surface area contributed by atoms with Crippen molar-refractivity contribution in [3.8, 4) is 0 Å². The molecule has 0 saturated carbocycles. The summed E-state index contributed by atoms with van der Waals surface area (Å²) in [5.74, 6) is 0. The fraction of sp³-hybridized carbons (Fsp3) is 1.00. The van der Waals surface area contributed by atoms with Crippen LogP contribution in [0.1, 0.15) is 6.92 Å². The number of aliphatic hydroxyl groups is 2. The van der Waals surface area contributed by atoms with E-state index in [0.29, 0.717) is 0 Å². The summed E-state index contributed by atoms with van der Waals surface area (Å²) in [4.78, 5) is 0. The molecule has 0 aliphatic heterocycles. The van der Waals surface area contributed by atoms with Crippen molar-refractivity contribution in [2.24, 2.45) is 0 Å². The number of aliphatic hydroxyl groups excluding tert-OH is 2. The van der Waals surface area contributed by atoms with E-state index in [-0.39, 0.29) is 33.2 Å². The SMILES string of the molecule is CC(O)CO.[PoH2]. The number of hydrogen-bond donors (Lipinski definition) is 2. The van der Waals surface area contributed by atoms with Crippen molar-refractivity contribution in [3.63, 3.8) is 0 Å². The van der Waals surface area contributed by atoms with Gasteiger partial charge in [-0.15, -0.1) is 0 Å². The van der Waals surface area contributed by atoms with Crippen LogP contribution < -0.4 is 0 Å². The van der Waals surface area contributed by atoms with Crippen LogP contribution in [-0.2, 0) is 0 Å². The van der Waals surface area contributed by atoms with Crippen LogP contribution in [0.15, 0.2) is 0 Å². The van der Waals surface area contributed by atoms with E-state index in [1.54, 1.807) is 0 Å². The van der Waals surface area contributed by atoms with Crippen molar-refractivity contribution >= 4 is 26.6 Å². The quantitative estimate of drug-likeness (QED) is 0.613. The Labute approximate surface area is 56.6 Å². The van der Waals surface area contributed by atoms with Gasteiger partial charge in [-0.25, -0.2) is 0 Å². The molecule has 1 atom stereocenters. The molecule has 0 aliphatic carbocycles. The molecule has 0 aliphatic rings. The van der Waals surface area contributed by atoms with Crippen molar-refractivity contribution in [2.45, 2.75) is 13.0 Å². The second-order valence-corrected chi connectivity index (χ2v) is 1.03. The molecule has 0 saturated heterocycles. The normalized spacial score (nSPS) is 12.5. The zero-order valence-electron chi connectivity index (χ0n) is 3.68. The molecule has 0 rings (SSSR count). The average molecular weight is 287 g/mol. The zero-order chi connectivity index (χ0) is 4.28. The summed E-state index contributed by atoms with van der Waals surface area (Å²) in [7, 11) is 0. The van der Waals surface area contributed by atoms with Gasteiger partial charge in [-0.1, -0.05) is 0 Å². The first kappa shape index (κ1) is 9.94. The first-order valence-corrected chi connectivity index (χ1v) is 1.56. The van der Waals surface area contributed by atoms with E-state index in [9.17, 15) is 0 Å². The monoisotopic (exact) mass is 287 g/mol. The second-order valence-electron chi connectivity index (χ2n) is 1.03. The van der Waals surface area contributed by atoms with Crippen molar-refractivity contribution in [1.82, 2.24) is 0 Å². The van der Waals surface area contributed by atoms with E-state index in [4.69, 9.17) is 10.2 Å². The third-order valence-corrected chi connectivity index (χ3v) is 0.264. The third-order valence-electron chi connectivity index (χ3n) is 0.264. The van der Waals surface area contributed by atoms with E-state index in [0.717, 1.165) is 0 Å². The molecule has 0 aromatic rings. The van der Waals surface area contributed by atoms with E-state index >= 15 is 0 Å². The Bertz CT molecular complexity index is 22.8. The van der Waals surface area contributed by atoms with E-state index in [1.165, 1.54) is 6.92 Å². The van der Waals surface area contributed by atoms with Gasteiger partial charge in [-0.2, -0.15) is 0 Å². The predicted octanol–water partition coefficient (Wildman–Crippen LogP) is -1.56. The molecule has 0 fully saturated rings. The standard InChI is InChI=1S/C3H8O2.Po.2H/c1-3(5)2-4;;;/h3-5H,2H2,1H3;;;. The first-order chi connectivity index (χ1) is 2.27. The van der Waals surface area contributed by atoms with Crippen molar-refractivity contribution in [1.29, 1.82) is 0 Å². The number of hydrogen-bond acceptors (Lipinski definition) is 2. The van der Waals surface area contributed by atoms with Gasteiger partial charge in [0.2, 0.25) is 0 Å². The summed E-state index contributed by atoms with van der Waals surface area (Å²) in [6.45, 7) is 1.39. The zero-order valence-corrected chi connectivity index (χ0v) is 7.57. The van der Waals surface area contributed by atoms with E-state index < -0.39 is 6.10 Å². The van der Waals surface area contributed by atoms with E-state index in [2.05, 4.69) is 0 Å². The van der Waals surface area contributed by atoms with Crippen LogP contribution in [0.4, 0.5) is 0 Å². The summed E-state index contributed by atoms with van der Waals surface area (Å²) >= 11 is 0. The average Bonchev–Trinajstić information content (AvgIpc) is 1.38. The molecule has 0 amide bonds. The molecule has 1 unspecified atom stereocenters. The molecule has 2 N–H and O–H groups in total. The molecular weight excluding hydrogens is 277 g/mol. The summed E-state index contributed by atoms with van der Waals surface area (Å²) in [6, 6.07) is 0. The molecule has 6 heavy (non-hydrogen) atoms. The van der Waals surface area contributed by atoms with Gasteiger partial charge in [0.25, 0.3) is 0 Å².